The summed E-state index contributed by atoms with van der Waals surface area (Å²) in [6.45, 7) is 3.72. The Hall–Kier alpha value is -2.42. The molecule has 1 aliphatic carbocycles. The predicted molar refractivity (Wildman–Crippen MR) is 71.7 cm³/mol. The number of aryl methyl sites for hydroxylation is 2. The van der Waals surface area contributed by atoms with Crippen LogP contribution in [0.4, 0.5) is 0 Å². The van der Waals surface area contributed by atoms with Gasteiger partial charge in [0.25, 0.3) is 0 Å². The highest BCUT2D eigenvalue weighted by molar-refractivity contribution is 6.24. The van der Waals surface area contributed by atoms with Crippen molar-refractivity contribution in [2.75, 3.05) is 0 Å². The summed E-state index contributed by atoms with van der Waals surface area (Å²) >= 11 is 0. The number of carbonyl (C=O) groups is 2. The number of carboxylic acid groups (broad SMARTS) is 1. The minimum Gasteiger partial charge on any atom is -0.478 e. The van der Waals surface area contributed by atoms with Gasteiger partial charge in [0, 0.05) is 16.7 Å². The lowest BCUT2D eigenvalue weighted by molar-refractivity contribution is 0.0697. The van der Waals surface area contributed by atoms with Crippen molar-refractivity contribution >= 4 is 11.8 Å². The van der Waals surface area contributed by atoms with Crippen molar-refractivity contribution < 1.29 is 14.7 Å². The number of benzene rings is 2. The van der Waals surface area contributed by atoms with E-state index in [1.54, 1.807) is 19.1 Å². The van der Waals surface area contributed by atoms with E-state index in [0.29, 0.717) is 16.7 Å². The number of aromatic carboxylic acids is 1. The van der Waals surface area contributed by atoms with Crippen LogP contribution in [0.1, 0.15) is 37.4 Å². The van der Waals surface area contributed by atoms with E-state index in [1.165, 1.54) is 0 Å². The Kier molecular flexibility index (Phi) is 2.32. The predicted octanol–water partition coefficient (Wildman–Crippen LogP) is 3.21. The lowest BCUT2D eigenvalue weighted by atomic mass is 9.97. The van der Waals surface area contributed by atoms with Crippen molar-refractivity contribution in [2.24, 2.45) is 0 Å². The fraction of sp³-hybridized carbons (Fsp3) is 0.125. The highest BCUT2D eigenvalue weighted by atomic mass is 16.4. The van der Waals surface area contributed by atoms with E-state index in [2.05, 4.69) is 0 Å². The Balaban J connectivity index is 2.41. The van der Waals surface area contributed by atoms with Gasteiger partial charge in [0.1, 0.15) is 0 Å². The fourth-order valence-electron chi connectivity index (χ4n) is 2.63. The maximum atomic E-state index is 12.4. The standard InChI is InChI=1S/C16H12O3/c1-8-3-4-10-11(5-8)15(17)12-6-9(2)7-13(14(10)12)16(18)19/h3-7H,1-2H3,(H,18,19). The first kappa shape index (κ1) is 11.7. The number of rotatable bonds is 1. The van der Waals surface area contributed by atoms with Crippen LogP contribution in [0.15, 0.2) is 30.3 Å². The fourth-order valence-corrected chi connectivity index (χ4v) is 2.63. The molecule has 0 aromatic heterocycles. The van der Waals surface area contributed by atoms with Gasteiger partial charge in [-0.2, -0.15) is 0 Å². The zero-order chi connectivity index (χ0) is 13.7. The van der Waals surface area contributed by atoms with Gasteiger partial charge in [-0.25, -0.2) is 4.79 Å². The first-order valence-corrected chi connectivity index (χ1v) is 6.02. The van der Waals surface area contributed by atoms with Gasteiger partial charge >= 0.3 is 5.97 Å². The molecule has 0 amide bonds. The molecule has 0 fully saturated rings. The maximum absolute atomic E-state index is 12.4. The molecule has 3 nitrogen and oxygen atoms in total. The summed E-state index contributed by atoms with van der Waals surface area (Å²) < 4.78 is 0. The van der Waals surface area contributed by atoms with Crippen LogP contribution in [-0.2, 0) is 0 Å². The molecule has 1 N–H and O–H groups in total. The van der Waals surface area contributed by atoms with E-state index in [9.17, 15) is 14.7 Å². The zero-order valence-corrected chi connectivity index (χ0v) is 10.7. The van der Waals surface area contributed by atoms with Crippen molar-refractivity contribution in [3.63, 3.8) is 0 Å². The van der Waals surface area contributed by atoms with Crippen molar-refractivity contribution in [3.05, 3.63) is 58.1 Å². The largest absolute Gasteiger partial charge is 0.478 e. The quantitative estimate of drug-likeness (QED) is 0.723. The lowest BCUT2D eigenvalue weighted by Gasteiger charge is -2.06. The Morgan fingerprint density at radius 2 is 1.63 bits per heavy atom. The Bertz CT molecular complexity index is 742. The van der Waals surface area contributed by atoms with Crippen LogP contribution in [0.3, 0.4) is 0 Å². The van der Waals surface area contributed by atoms with E-state index in [0.717, 1.165) is 16.7 Å². The molecule has 2 aromatic carbocycles. The van der Waals surface area contributed by atoms with E-state index in [4.69, 9.17) is 0 Å². The minimum atomic E-state index is -0.999. The average molecular weight is 252 g/mol. The Labute approximate surface area is 110 Å². The van der Waals surface area contributed by atoms with Gasteiger partial charge in [-0.15, -0.1) is 0 Å². The highest BCUT2D eigenvalue weighted by Crippen LogP contribution is 2.40. The Morgan fingerprint density at radius 1 is 0.947 bits per heavy atom. The first-order chi connectivity index (χ1) is 8.99. The highest BCUT2D eigenvalue weighted by Gasteiger charge is 2.30. The monoisotopic (exact) mass is 252 g/mol. The topological polar surface area (TPSA) is 54.4 Å². The lowest BCUT2D eigenvalue weighted by Crippen LogP contribution is -2.02. The molecule has 0 spiro atoms. The molecular formula is C16H12O3. The molecule has 1 aliphatic rings. The van der Waals surface area contributed by atoms with Gasteiger partial charge in [-0.05, 0) is 43.2 Å². The third-order valence-electron chi connectivity index (χ3n) is 3.45. The van der Waals surface area contributed by atoms with Gasteiger partial charge in [-0.3, -0.25) is 4.79 Å². The van der Waals surface area contributed by atoms with Crippen LogP contribution in [0, 0.1) is 13.8 Å². The van der Waals surface area contributed by atoms with Crippen LogP contribution >= 0.6 is 0 Å². The molecule has 0 bridgehead atoms. The molecule has 3 heteroatoms. The summed E-state index contributed by atoms with van der Waals surface area (Å²) in [5, 5.41) is 9.33. The summed E-state index contributed by atoms with van der Waals surface area (Å²) in [6, 6.07) is 8.92. The number of hydrogen-bond donors (Lipinski definition) is 1. The van der Waals surface area contributed by atoms with Crippen molar-refractivity contribution in [3.8, 4) is 11.1 Å². The molecule has 0 saturated carbocycles. The molecule has 94 valence electrons. The molecule has 2 aromatic rings. The van der Waals surface area contributed by atoms with E-state index in [1.807, 2.05) is 25.1 Å². The van der Waals surface area contributed by atoms with E-state index < -0.39 is 5.97 Å². The van der Waals surface area contributed by atoms with E-state index in [-0.39, 0.29) is 11.3 Å². The molecule has 0 radical (unpaired) electrons. The maximum Gasteiger partial charge on any atom is 0.336 e. The molecule has 0 unspecified atom stereocenters. The van der Waals surface area contributed by atoms with Gasteiger partial charge in [-0.1, -0.05) is 17.7 Å². The number of ketones is 1. The second kappa shape index (κ2) is 3.79. The summed E-state index contributed by atoms with van der Waals surface area (Å²) in [5.41, 5.74) is 4.36. The van der Waals surface area contributed by atoms with Gasteiger partial charge in [0.05, 0.1) is 5.56 Å². The van der Waals surface area contributed by atoms with Crippen LogP contribution in [0.25, 0.3) is 11.1 Å². The number of carbonyl (C=O) groups excluding carboxylic acids is 1. The second-order valence-corrected chi connectivity index (χ2v) is 4.92. The Morgan fingerprint density at radius 3 is 2.32 bits per heavy atom. The van der Waals surface area contributed by atoms with Gasteiger partial charge in [0.15, 0.2) is 5.78 Å². The van der Waals surface area contributed by atoms with Gasteiger partial charge in [0.2, 0.25) is 0 Å². The van der Waals surface area contributed by atoms with Crippen molar-refractivity contribution in [1.82, 2.24) is 0 Å². The van der Waals surface area contributed by atoms with Crippen LogP contribution in [0.5, 0.6) is 0 Å². The van der Waals surface area contributed by atoms with Crippen LogP contribution in [0.2, 0.25) is 0 Å². The molecular weight excluding hydrogens is 240 g/mol. The van der Waals surface area contributed by atoms with Crippen molar-refractivity contribution in [1.29, 1.82) is 0 Å². The number of hydrogen-bond acceptors (Lipinski definition) is 2. The first-order valence-electron chi connectivity index (χ1n) is 6.02. The molecule has 19 heavy (non-hydrogen) atoms. The van der Waals surface area contributed by atoms with Gasteiger partial charge < -0.3 is 5.11 Å². The van der Waals surface area contributed by atoms with Crippen LogP contribution in [-0.4, -0.2) is 16.9 Å². The minimum absolute atomic E-state index is 0.0834. The molecule has 0 atom stereocenters. The summed E-state index contributed by atoms with van der Waals surface area (Å²) in [4.78, 5) is 23.8. The molecule has 0 aliphatic heterocycles. The second-order valence-electron chi connectivity index (χ2n) is 4.92. The summed E-state index contributed by atoms with van der Waals surface area (Å²) in [6.07, 6.45) is 0. The molecule has 0 saturated heterocycles. The van der Waals surface area contributed by atoms with Crippen LogP contribution < -0.4 is 0 Å². The third kappa shape index (κ3) is 1.58. The summed E-state index contributed by atoms with van der Waals surface area (Å²) in [7, 11) is 0. The zero-order valence-electron chi connectivity index (χ0n) is 10.7. The normalized spacial score (nSPS) is 12.2. The summed E-state index contributed by atoms with van der Waals surface area (Å²) in [5.74, 6) is -1.08. The van der Waals surface area contributed by atoms with E-state index >= 15 is 0 Å². The third-order valence-corrected chi connectivity index (χ3v) is 3.45. The smallest absolute Gasteiger partial charge is 0.336 e. The SMILES string of the molecule is Cc1ccc2c(c1)C(=O)c1cc(C)cc(C(=O)O)c1-2. The number of carboxylic acids is 1. The van der Waals surface area contributed by atoms with Crippen molar-refractivity contribution in [2.45, 2.75) is 13.8 Å². The number of fused-ring (bicyclic) bond motifs is 3. The molecule has 0 heterocycles. The molecule has 3 rings (SSSR count). The average Bonchev–Trinajstić information content (AvgIpc) is 2.62.